The van der Waals surface area contributed by atoms with Gasteiger partial charge >= 0.3 is 0 Å². The summed E-state index contributed by atoms with van der Waals surface area (Å²) in [6.07, 6.45) is 9.67. The summed E-state index contributed by atoms with van der Waals surface area (Å²) in [6.45, 7) is 3.18. The van der Waals surface area contributed by atoms with E-state index in [1.54, 1.807) is 18.6 Å². The summed E-state index contributed by atoms with van der Waals surface area (Å²) in [4.78, 5) is 4.25. The van der Waals surface area contributed by atoms with Gasteiger partial charge in [0.15, 0.2) is 0 Å². The van der Waals surface area contributed by atoms with Crippen LogP contribution in [0.25, 0.3) is 0 Å². The van der Waals surface area contributed by atoms with Crippen LogP contribution in [-0.4, -0.2) is 19.7 Å². The van der Waals surface area contributed by atoms with Crippen LogP contribution in [0.15, 0.2) is 24.8 Å². The van der Waals surface area contributed by atoms with Crippen molar-refractivity contribution in [2.24, 2.45) is 0 Å². The predicted molar refractivity (Wildman–Crippen MR) is 59.0 cm³/mol. The van der Waals surface area contributed by atoms with Crippen molar-refractivity contribution in [3.05, 3.63) is 24.8 Å². The quantitative estimate of drug-likeness (QED) is 0.786. The van der Waals surface area contributed by atoms with Gasteiger partial charge in [-0.05, 0) is 6.42 Å². The molecule has 0 saturated carbocycles. The number of nitrogens with one attached hydrogen (secondary N) is 2. The zero-order chi connectivity index (χ0) is 10.5. The first-order chi connectivity index (χ1) is 7.40. The van der Waals surface area contributed by atoms with Crippen LogP contribution in [0.2, 0.25) is 0 Å². The molecule has 0 aliphatic carbocycles. The maximum atomic E-state index is 4.25. The molecule has 0 fully saturated rings. The summed E-state index contributed by atoms with van der Waals surface area (Å²) in [5, 5.41) is 9.82. The average molecular weight is 205 g/mol. The van der Waals surface area contributed by atoms with Crippen molar-refractivity contribution in [2.75, 3.05) is 5.32 Å². The number of aromatic nitrogens is 4. The van der Waals surface area contributed by atoms with Gasteiger partial charge < -0.3 is 9.88 Å². The van der Waals surface area contributed by atoms with E-state index in [9.17, 15) is 0 Å². The van der Waals surface area contributed by atoms with Gasteiger partial charge in [-0.1, -0.05) is 13.3 Å². The Bertz CT molecular complexity index is 390. The summed E-state index contributed by atoms with van der Waals surface area (Å²) < 4.78 is 2.11. The first kappa shape index (κ1) is 9.76. The lowest BCUT2D eigenvalue weighted by atomic mass is 10.3. The fourth-order valence-corrected chi connectivity index (χ4v) is 1.39. The van der Waals surface area contributed by atoms with E-state index in [2.05, 4.69) is 32.0 Å². The second-order valence-corrected chi connectivity index (χ2v) is 3.41. The van der Waals surface area contributed by atoms with E-state index in [-0.39, 0.29) is 0 Å². The summed E-state index contributed by atoms with van der Waals surface area (Å²) in [7, 11) is 0. The molecule has 5 heteroatoms. The molecule has 0 amide bonds. The minimum Gasteiger partial charge on any atom is -0.323 e. The molecule has 0 atom stereocenters. The number of anilines is 2. The number of rotatable bonds is 5. The lowest BCUT2D eigenvalue weighted by Crippen LogP contribution is -2.02. The van der Waals surface area contributed by atoms with E-state index in [0.717, 1.165) is 24.6 Å². The standard InChI is InChI=1S/C10H15N5/c1-2-3-5-15-6-4-11-10(15)14-9-7-12-13-8-9/h4,6-8H,2-3,5H2,1H3,(H,11,14)(H,12,13). The van der Waals surface area contributed by atoms with Crippen molar-refractivity contribution in [1.29, 1.82) is 0 Å². The van der Waals surface area contributed by atoms with Gasteiger partial charge in [0, 0.05) is 25.1 Å². The molecule has 2 heterocycles. The highest BCUT2D eigenvalue weighted by molar-refractivity contribution is 5.50. The molecule has 0 aliphatic rings. The first-order valence-electron chi connectivity index (χ1n) is 5.17. The molecule has 2 rings (SSSR count). The number of unbranched alkanes of at least 4 members (excludes halogenated alkanes) is 1. The number of hydrogen-bond acceptors (Lipinski definition) is 3. The van der Waals surface area contributed by atoms with Crippen LogP contribution in [0.1, 0.15) is 19.8 Å². The molecule has 15 heavy (non-hydrogen) atoms. The topological polar surface area (TPSA) is 58.5 Å². The SMILES string of the molecule is CCCCn1ccnc1Nc1cn[nH]c1. The van der Waals surface area contributed by atoms with Crippen molar-refractivity contribution in [2.45, 2.75) is 26.3 Å². The van der Waals surface area contributed by atoms with Gasteiger partial charge in [0.2, 0.25) is 5.95 Å². The fraction of sp³-hybridized carbons (Fsp3) is 0.400. The smallest absolute Gasteiger partial charge is 0.207 e. The lowest BCUT2D eigenvalue weighted by Gasteiger charge is -2.07. The van der Waals surface area contributed by atoms with Gasteiger partial charge in [-0.15, -0.1) is 0 Å². The Morgan fingerprint density at radius 1 is 1.53 bits per heavy atom. The van der Waals surface area contributed by atoms with Gasteiger partial charge in [-0.2, -0.15) is 5.10 Å². The van der Waals surface area contributed by atoms with Crippen LogP contribution in [-0.2, 0) is 6.54 Å². The van der Waals surface area contributed by atoms with Crippen LogP contribution >= 0.6 is 0 Å². The molecule has 2 aromatic rings. The third-order valence-electron chi connectivity index (χ3n) is 2.22. The van der Waals surface area contributed by atoms with E-state index in [4.69, 9.17) is 0 Å². The van der Waals surface area contributed by atoms with E-state index >= 15 is 0 Å². The average Bonchev–Trinajstić information content (AvgIpc) is 2.87. The predicted octanol–water partition coefficient (Wildman–Crippen LogP) is 2.15. The van der Waals surface area contributed by atoms with Gasteiger partial charge in [0.1, 0.15) is 0 Å². The Kier molecular flexibility index (Phi) is 3.02. The Hall–Kier alpha value is -1.78. The summed E-state index contributed by atoms with van der Waals surface area (Å²) in [5.74, 6) is 0.866. The molecule has 0 radical (unpaired) electrons. The van der Waals surface area contributed by atoms with Crippen LogP contribution in [0.4, 0.5) is 11.6 Å². The van der Waals surface area contributed by atoms with Crippen LogP contribution < -0.4 is 5.32 Å². The van der Waals surface area contributed by atoms with Gasteiger partial charge in [0.05, 0.1) is 11.9 Å². The van der Waals surface area contributed by atoms with Crippen LogP contribution in [0.5, 0.6) is 0 Å². The second-order valence-electron chi connectivity index (χ2n) is 3.41. The second kappa shape index (κ2) is 4.63. The molecule has 2 N–H and O–H groups in total. The maximum absolute atomic E-state index is 4.25. The first-order valence-corrected chi connectivity index (χ1v) is 5.17. The van der Waals surface area contributed by atoms with Crippen molar-refractivity contribution >= 4 is 11.6 Å². The Balaban J connectivity index is 2.04. The maximum Gasteiger partial charge on any atom is 0.207 e. The number of aromatic amines is 1. The number of hydrogen-bond donors (Lipinski definition) is 2. The van der Waals surface area contributed by atoms with Crippen molar-refractivity contribution in [3.8, 4) is 0 Å². The van der Waals surface area contributed by atoms with Crippen molar-refractivity contribution in [1.82, 2.24) is 19.7 Å². The molecular weight excluding hydrogens is 190 g/mol. The van der Waals surface area contributed by atoms with Crippen molar-refractivity contribution in [3.63, 3.8) is 0 Å². The molecule has 0 spiro atoms. The van der Waals surface area contributed by atoms with Gasteiger partial charge in [0.25, 0.3) is 0 Å². The molecule has 0 bridgehead atoms. The lowest BCUT2D eigenvalue weighted by molar-refractivity contribution is 0.638. The van der Waals surface area contributed by atoms with E-state index in [0.29, 0.717) is 0 Å². The summed E-state index contributed by atoms with van der Waals surface area (Å²) in [6, 6.07) is 0. The van der Waals surface area contributed by atoms with E-state index in [1.165, 1.54) is 6.42 Å². The highest BCUT2D eigenvalue weighted by Gasteiger charge is 2.02. The molecule has 0 saturated heterocycles. The third kappa shape index (κ3) is 2.37. The fourth-order valence-electron chi connectivity index (χ4n) is 1.39. The molecule has 0 aliphatic heterocycles. The Labute approximate surface area is 88.5 Å². The molecular formula is C10H15N5. The molecule has 80 valence electrons. The third-order valence-corrected chi connectivity index (χ3v) is 2.22. The number of imidazole rings is 1. The normalized spacial score (nSPS) is 10.5. The summed E-state index contributed by atoms with van der Waals surface area (Å²) in [5.41, 5.74) is 0.930. The molecule has 2 aromatic heterocycles. The molecule has 0 aromatic carbocycles. The number of aryl methyl sites for hydroxylation is 1. The number of H-pyrrole nitrogens is 1. The number of nitrogens with zero attached hydrogens (tertiary/aromatic N) is 3. The van der Waals surface area contributed by atoms with Gasteiger partial charge in [-0.3, -0.25) is 5.10 Å². The van der Waals surface area contributed by atoms with E-state index in [1.807, 2.05) is 6.20 Å². The van der Waals surface area contributed by atoms with Crippen LogP contribution in [0, 0.1) is 0 Å². The van der Waals surface area contributed by atoms with Gasteiger partial charge in [-0.25, -0.2) is 4.98 Å². The van der Waals surface area contributed by atoms with Crippen LogP contribution in [0.3, 0.4) is 0 Å². The Morgan fingerprint density at radius 2 is 2.47 bits per heavy atom. The summed E-state index contributed by atoms with van der Waals surface area (Å²) >= 11 is 0. The monoisotopic (exact) mass is 205 g/mol. The van der Waals surface area contributed by atoms with E-state index < -0.39 is 0 Å². The largest absolute Gasteiger partial charge is 0.323 e. The zero-order valence-electron chi connectivity index (χ0n) is 8.77. The zero-order valence-corrected chi connectivity index (χ0v) is 8.77. The molecule has 0 unspecified atom stereocenters. The molecule has 5 nitrogen and oxygen atoms in total. The highest BCUT2D eigenvalue weighted by atomic mass is 15.2. The minimum absolute atomic E-state index is 0.866. The minimum atomic E-state index is 0.866. The van der Waals surface area contributed by atoms with Crippen molar-refractivity contribution < 1.29 is 0 Å². The Morgan fingerprint density at radius 3 is 3.20 bits per heavy atom. The highest BCUT2D eigenvalue weighted by Crippen LogP contribution is 2.13.